The lowest BCUT2D eigenvalue weighted by Gasteiger charge is -2.37. The molecule has 0 aromatic heterocycles. The third-order valence-electron chi connectivity index (χ3n) is 4.87. The van der Waals surface area contributed by atoms with Crippen LogP contribution in [-0.4, -0.2) is 22.8 Å². The Hall–Kier alpha value is -2.35. The summed E-state index contributed by atoms with van der Waals surface area (Å²) in [4.78, 5) is 15.2. The zero-order valence-corrected chi connectivity index (χ0v) is 12.7. The summed E-state index contributed by atoms with van der Waals surface area (Å²) in [6.07, 6.45) is 10.1. The van der Waals surface area contributed by atoms with E-state index in [9.17, 15) is 4.79 Å². The number of hydrogen-bond donors (Lipinski definition) is 0. The fraction of sp³-hybridized carbons (Fsp3) is 0.250. The largest absolute Gasteiger partial charge is 0.361 e. The van der Waals surface area contributed by atoms with Crippen LogP contribution in [0.1, 0.15) is 29.3 Å². The number of nitrogens with zero attached hydrogens (tertiary/aromatic N) is 1. The van der Waals surface area contributed by atoms with Crippen molar-refractivity contribution in [1.29, 1.82) is 0 Å². The van der Waals surface area contributed by atoms with Gasteiger partial charge in [-0.2, -0.15) is 0 Å². The fourth-order valence-corrected chi connectivity index (χ4v) is 3.71. The van der Waals surface area contributed by atoms with Crippen molar-refractivity contribution in [2.45, 2.75) is 31.8 Å². The van der Waals surface area contributed by atoms with Gasteiger partial charge in [-0.15, -0.1) is 0 Å². The average Bonchev–Trinajstić information content (AvgIpc) is 2.56. The van der Waals surface area contributed by atoms with Crippen LogP contribution in [0.25, 0.3) is 10.8 Å². The summed E-state index contributed by atoms with van der Waals surface area (Å²) in [5.41, 5.74) is 2.13. The molecule has 1 aliphatic carbocycles. The van der Waals surface area contributed by atoms with E-state index in [1.54, 1.807) is 0 Å². The van der Waals surface area contributed by atoms with Gasteiger partial charge in [-0.3, -0.25) is 4.79 Å². The minimum absolute atomic E-state index is 0.0372. The molecule has 0 spiro atoms. The van der Waals surface area contributed by atoms with E-state index in [0.29, 0.717) is 0 Å². The van der Waals surface area contributed by atoms with Gasteiger partial charge in [0.15, 0.2) is 5.78 Å². The van der Waals surface area contributed by atoms with Crippen LogP contribution in [0.4, 0.5) is 0 Å². The van der Waals surface area contributed by atoms with Crippen LogP contribution in [-0.2, 0) is 6.42 Å². The lowest BCUT2D eigenvalue weighted by atomic mass is 9.83. The Balaban J connectivity index is 1.76. The maximum atomic E-state index is 13.0. The third kappa shape index (κ3) is 1.98. The summed E-state index contributed by atoms with van der Waals surface area (Å²) in [7, 11) is 0. The summed E-state index contributed by atoms with van der Waals surface area (Å²) >= 11 is 0. The molecule has 4 rings (SSSR count). The lowest BCUT2D eigenvalue weighted by molar-refractivity contribution is 0.0828. The Morgan fingerprint density at radius 1 is 1.09 bits per heavy atom. The molecule has 0 N–H and O–H groups in total. The molecule has 2 nitrogen and oxygen atoms in total. The number of rotatable bonds is 1. The maximum Gasteiger partial charge on any atom is 0.185 e. The number of carbonyl (C=O) groups is 1. The lowest BCUT2D eigenvalue weighted by Crippen LogP contribution is -2.45. The second kappa shape index (κ2) is 5.13. The first-order chi connectivity index (χ1) is 10.8. The molecule has 0 saturated carbocycles. The molecule has 2 aromatic rings. The molecule has 0 fully saturated rings. The van der Waals surface area contributed by atoms with Crippen LogP contribution in [0.2, 0.25) is 0 Å². The van der Waals surface area contributed by atoms with E-state index in [4.69, 9.17) is 0 Å². The van der Waals surface area contributed by atoms with Gasteiger partial charge in [-0.25, -0.2) is 0 Å². The number of hydrogen-bond acceptors (Lipinski definition) is 2. The van der Waals surface area contributed by atoms with Crippen molar-refractivity contribution in [3.05, 3.63) is 72.0 Å². The van der Waals surface area contributed by atoms with Gasteiger partial charge >= 0.3 is 0 Å². The molecule has 2 aromatic carbocycles. The summed E-state index contributed by atoms with van der Waals surface area (Å²) in [6.45, 7) is 2.14. The quantitative estimate of drug-likeness (QED) is 0.787. The maximum absolute atomic E-state index is 13.0. The van der Waals surface area contributed by atoms with Gasteiger partial charge in [-0.1, -0.05) is 48.6 Å². The molecule has 0 bridgehead atoms. The third-order valence-corrected chi connectivity index (χ3v) is 4.87. The van der Waals surface area contributed by atoms with Gasteiger partial charge in [0.05, 0.1) is 6.04 Å². The number of carbonyl (C=O) groups excluding carboxylic acids is 1. The summed E-state index contributed by atoms with van der Waals surface area (Å²) < 4.78 is 0. The van der Waals surface area contributed by atoms with Crippen LogP contribution in [0.5, 0.6) is 0 Å². The molecule has 2 unspecified atom stereocenters. The molecule has 1 aliphatic heterocycles. The van der Waals surface area contributed by atoms with Crippen LogP contribution in [0.3, 0.4) is 0 Å². The molecule has 0 amide bonds. The fourth-order valence-electron chi connectivity index (χ4n) is 3.71. The highest BCUT2D eigenvalue weighted by molar-refractivity contribution is 6.06. The Labute approximate surface area is 130 Å². The predicted molar refractivity (Wildman–Crippen MR) is 90.0 cm³/mol. The Morgan fingerprint density at radius 2 is 1.95 bits per heavy atom. The first-order valence-electron chi connectivity index (χ1n) is 7.93. The van der Waals surface area contributed by atoms with Gasteiger partial charge in [0.1, 0.15) is 0 Å². The van der Waals surface area contributed by atoms with Crippen LogP contribution < -0.4 is 0 Å². The van der Waals surface area contributed by atoms with Crippen molar-refractivity contribution >= 4 is 16.6 Å². The van der Waals surface area contributed by atoms with E-state index in [0.717, 1.165) is 18.4 Å². The number of Topliss-reactive ketones (excluding diaryl/α,β-unsaturated/α-hetero) is 1. The number of aryl methyl sites for hydroxylation is 1. The van der Waals surface area contributed by atoms with E-state index in [1.807, 2.05) is 12.1 Å². The van der Waals surface area contributed by atoms with Crippen molar-refractivity contribution < 1.29 is 4.79 Å². The Morgan fingerprint density at radius 3 is 2.82 bits per heavy atom. The van der Waals surface area contributed by atoms with E-state index < -0.39 is 0 Å². The molecule has 2 heteroatoms. The molecular formula is C20H19NO. The summed E-state index contributed by atoms with van der Waals surface area (Å²) in [5, 5.41) is 2.45. The SMILES string of the molecule is CC1C=CC=CN1C1CCc2c(ccc3ccccc23)C1=O. The highest BCUT2D eigenvalue weighted by atomic mass is 16.1. The summed E-state index contributed by atoms with van der Waals surface area (Å²) in [6, 6.07) is 12.7. The number of benzene rings is 2. The van der Waals surface area contributed by atoms with E-state index in [2.05, 4.69) is 60.5 Å². The topological polar surface area (TPSA) is 20.3 Å². The van der Waals surface area contributed by atoms with Crippen LogP contribution in [0.15, 0.2) is 60.8 Å². The average molecular weight is 289 g/mol. The number of fused-ring (bicyclic) bond motifs is 3. The molecule has 0 saturated heterocycles. The normalized spacial score (nSPS) is 23.9. The smallest absolute Gasteiger partial charge is 0.185 e. The number of allylic oxidation sites excluding steroid dienone is 2. The van der Waals surface area contributed by atoms with Crippen LogP contribution >= 0.6 is 0 Å². The molecule has 110 valence electrons. The van der Waals surface area contributed by atoms with Gasteiger partial charge < -0.3 is 4.90 Å². The zero-order valence-electron chi connectivity index (χ0n) is 12.7. The molecular weight excluding hydrogens is 270 g/mol. The van der Waals surface area contributed by atoms with Gasteiger partial charge in [-0.05, 0) is 42.2 Å². The summed E-state index contributed by atoms with van der Waals surface area (Å²) in [5.74, 6) is 0.263. The molecule has 22 heavy (non-hydrogen) atoms. The predicted octanol–water partition coefficient (Wildman–Crippen LogP) is 4.11. The molecule has 2 aliphatic rings. The van der Waals surface area contributed by atoms with E-state index in [-0.39, 0.29) is 17.9 Å². The second-order valence-electron chi connectivity index (χ2n) is 6.15. The Bertz CT molecular complexity index is 802. The van der Waals surface area contributed by atoms with Gasteiger partial charge in [0, 0.05) is 17.8 Å². The molecule has 1 heterocycles. The van der Waals surface area contributed by atoms with E-state index in [1.165, 1.54) is 16.3 Å². The first kappa shape index (κ1) is 13.3. The molecule has 2 atom stereocenters. The van der Waals surface area contributed by atoms with Gasteiger partial charge in [0.25, 0.3) is 0 Å². The van der Waals surface area contributed by atoms with Crippen molar-refractivity contribution in [2.24, 2.45) is 0 Å². The minimum atomic E-state index is -0.0372. The standard InChI is InChI=1S/C20H19NO/c1-14-6-4-5-13-21(14)19-12-11-17-16-8-3-2-7-15(16)9-10-18(17)20(19)22/h2-10,13-14,19H,11-12H2,1H3. The van der Waals surface area contributed by atoms with Crippen molar-refractivity contribution in [1.82, 2.24) is 4.90 Å². The second-order valence-corrected chi connectivity index (χ2v) is 6.15. The first-order valence-corrected chi connectivity index (χ1v) is 7.93. The van der Waals surface area contributed by atoms with Crippen molar-refractivity contribution in [3.63, 3.8) is 0 Å². The highest BCUT2D eigenvalue weighted by Crippen LogP contribution is 2.32. The Kier molecular flexibility index (Phi) is 3.11. The minimum Gasteiger partial charge on any atom is -0.361 e. The molecule has 0 radical (unpaired) electrons. The van der Waals surface area contributed by atoms with Crippen molar-refractivity contribution in [3.8, 4) is 0 Å². The van der Waals surface area contributed by atoms with Crippen LogP contribution in [0, 0.1) is 0 Å². The zero-order chi connectivity index (χ0) is 15.1. The van der Waals surface area contributed by atoms with E-state index >= 15 is 0 Å². The highest BCUT2D eigenvalue weighted by Gasteiger charge is 2.33. The van der Waals surface area contributed by atoms with Gasteiger partial charge in [0.2, 0.25) is 0 Å². The number of ketones is 1. The monoisotopic (exact) mass is 289 g/mol. The van der Waals surface area contributed by atoms with Crippen molar-refractivity contribution in [2.75, 3.05) is 0 Å².